The summed E-state index contributed by atoms with van der Waals surface area (Å²) in [5.41, 5.74) is 1.04. The van der Waals surface area contributed by atoms with Gasteiger partial charge in [-0.2, -0.15) is 0 Å². The van der Waals surface area contributed by atoms with Crippen molar-refractivity contribution < 1.29 is 5.11 Å². The van der Waals surface area contributed by atoms with Crippen LogP contribution in [0.3, 0.4) is 0 Å². The van der Waals surface area contributed by atoms with Gasteiger partial charge in [0.05, 0.1) is 5.60 Å². The fourth-order valence-electron chi connectivity index (χ4n) is 2.60. The standard InChI is InChI=1S/C15H28O/c1-12(2)6-5-11-15(4,16)14-9-7-13(3)8-10-14/h7,12,14,16H,5-6,8-11H2,1-4H3/t14-,15+/m1/s1. The fourth-order valence-corrected chi connectivity index (χ4v) is 2.60. The normalized spacial score (nSPS) is 25.4. The second-order valence-corrected chi connectivity index (χ2v) is 6.17. The summed E-state index contributed by atoms with van der Waals surface area (Å²) in [7, 11) is 0. The Morgan fingerprint density at radius 1 is 1.50 bits per heavy atom. The lowest BCUT2D eigenvalue weighted by molar-refractivity contribution is -0.0155. The van der Waals surface area contributed by atoms with Crippen LogP contribution in [-0.2, 0) is 0 Å². The molecule has 1 aliphatic rings. The van der Waals surface area contributed by atoms with Gasteiger partial charge in [0.15, 0.2) is 0 Å². The lowest BCUT2D eigenvalue weighted by Gasteiger charge is -2.35. The van der Waals surface area contributed by atoms with Crippen LogP contribution in [-0.4, -0.2) is 10.7 Å². The minimum absolute atomic E-state index is 0.452. The number of hydrogen-bond donors (Lipinski definition) is 1. The van der Waals surface area contributed by atoms with Gasteiger partial charge >= 0.3 is 0 Å². The molecule has 0 saturated carbocycles. The van der Waals surface area contributed by atoms with Crippen molar-refractivity contribution in [1.29, 1.82) is 0 Å². The van der Waals surface area contributed by atoms with E-state index in [4.69, 9.17) is 0 Å². The Labute approximate surface area is 101 Å². The summed E-state index contributed by atoms with van der Waals surface area (Å²) in [6.45, 7) is 8.74. The Morgan fingerprint density at radius 3 is 2.69 bits per heavy atom. The third-order valence-electron chi connectivity index (χ3n) is 3.98. The highest BCUT2D eigenvalue weighted by molar-refractivity contribution is 5.05. The van der Waals surface area contributed by atoms with Gasteiger partial charge in [0.1, 0.15) is 0 Å². The van der Waals surface area contributed by atoms with Crippen LogP contribution in [0.4, 0.5) is 0 Å². The van der Waals surface area contributed by atoms with Gasteiger partial charge in [-0.1, -0.05) is 38.3 Å². The van der Waals surface area contributed by atoms with E-state index in [1.54, 1.807) is 0 Å². The summed E-state index contributed by atoms with van der Waals surface area (Å²) in [6, 6.07) is 0. The second kappa shape index (κ2) is 5.86. The zero-order valence-corrected chi connectivity index (χ0v) is 11.4. The summed E-state index contributed by atoms with van der Waals surface area (Å²) in [5.74, 6) is 1.23. The summed E-state index contributed by atoms with van der Waals surface area (Å²) >= 11 is 0. The van der Waals surface area contributed by atoms with Gasteiger partial charge < -0.3 is 5.11 Å². The van der Waals surface area contributed by atoms with Crippen LogP contribution in [0.15, 0.2) is 11.6 Å². The second-order valence-electron chi connectivity index (χ2n) is 6.17. The Hall–Kier alpha value is -0.300. The van der Waals surface area contributed by atoms with E-state index in [9.17, 15) is 5.11 Å². The molecule has 94 valence electrons. The van der Waals surface area contributed by atoms with Crippen molar-refractivity contribution in [2.24, 2.45) is 11.8 Å². The predicted octanol–water partition coefficient (Wildman–Crippen LogP) is 4.31. The molecule has 0 radical (unpaired) electrons. The van der Waals surface area contributed by atoms with Crippen molar-refractivity contribution in [2.75, 3.05) is 0 Å². The quantitative estimate of drug-likeness (QED) is 0.690. The molecule has 0 heterocycles. The van der Waals surface area contributed by atoms with Gasteiger partial charge in [-0.3, -0.25) is 0 Å². The van der Waals surface area contributed by atoms with E-state index in [1.165, 1.54) is 18.4 Å². The first-order chi connectivity index (χ1) is 7.42. The van der Waals surface area contributed by atoms with Crippen LogP contribution in [0.1, 0.15) is 66.2 Å². The van der Waals surface area contributed by atoms with E-state index in [0.29, 0.717) is 5.92 Å². The first-order valence-electron chi connectivity index (χ1n) is 6.80. The highest BCUT2D eigenvalue weighted by atomic mass is 16.3. The SMILES string of the molecule is CC1=CC[C@@H]([C@@](C)(O)CCCC(C)C)CC1. The molecule has 0 bridgehead atoms. The van der Waals surface area contributed by atoms with Gasteiger partial charge in [0.2, 0.25) is 0 Å². The maximum atomic E-state index is 10.5. The van der Waals surface area contributed by atoms with E-state index >= 15 is 0 Å². The fraction of sp³-hybridized carbons (Fsp3) is 0.867. The van der Waals surface area contributed by atoms with E-state index < -0.39 is 5.60 Å². The molecule has 1 heteroatoms. The van der Waals surface area contributed by atoms with Crippen LogP contribution < -0.4 is 0 Å². The molecular weight excluding hydrogens is 196 g/mol. The van der Waals surface area contributed by atoms with Crippen molar-refractivity contribution in [2.45, 2.75) is 71.8 Å². The Kier molecular flexibility index (Phi) is 5.04. The molecule has 0 unspecified atom stereocenters. The Bertz CT molecular complexity index is 238. The third-order valence-corrected chi connectivity index (χ3v) is 3.98. The van der Waals surface area contributed by atoms with Crippen molar-refractivity contribution in [1.82, 2.24) is 0 Å². The molecule has 0 amide bonds. The molecule has 0 aromatic heterocycles. The van der Waals surface area contributed by atoms with E-state index in [1.807, 2.05) is 6.92 Å². The van der Waals surface area contributed by atoms with Crippen molar-refractivity contribution >= 4 is 0 Å². The topological polar surface area (TPSA) is 20.2 Å². The molecule has 16 heavy (non-hydrogen) atoms. The molecule has 1 N–H and O–H groups in total. The van der Waals surface area contributed by atoms with Crippen LogP contribution in [0, 0.1) is 11.8 Å². The van der Waals surface area contributed by atoms with Crippen molar-refractivity contribution in [3.05, 3.63) is 11.6 Å². The lowest BCUT2D eigenvalue weighted by atomic mass is 9.76. The maximum absolute atomic E-state index is 10.5. The number of hydrogen-bond acceptors (Lipinski definition) is 1. The lowest BCUT2D eigenvalue weighted by Crippen LogP contribution is -2.35. The molecule has 1 aliphatic carbocycles. The predicted molar refractivity (Wildman–Crippen MR) is 70.4 cm³/mol. The van der Waals surface area contributed by atoms with E-state index in [-0.39, 0.29) is 0 Å². The summed E-state index contributed by atoms with van der Waals surface area (Å²) in [5, 5.41) is 10.5. The molecular formula is C15H28O. The van der Waals surface area contributed by atoms with Gasteiger partial charge in [-0.05, 0) is 51.4 Å². The molecule has 1 nitrogen and oxygen atoms in total. The number of aliphatic hydroxyl groups is 1. The summed E-state index contributed by atoms with van der Waals surface area (Å²) in [6.07, 6.45) is 9.07. The average molecular weight is 224 g/mol. The van der Waals surface area contributed by atoms with Gasteiger partial charge in [-0.25, -0.2) is 0 Å². The molecule has 0 aromatic rings. The van der Waals surface area contributed by atoms with Crippen LogP contribution >= 0.6 is 0 Å². The molecule has 2 atom stereocenters. The minimum atomic E-state index is -0.452. The minimum Gasteiger partial charge on any atom is -0.390 e. The van der Waals surface area contributed by atoms with Crippen LogP contribution in [0.5, 0.6) is 0 Å². The number of allylic oxidation sites excluding steroid dienone is 2. The summed E-state index contributed by atoms with van der Waals surface area (Å²) < 4.78 is 0. The van der Waals surface area contributed by atoms with Crippen LogP contribution in [0.25, 0.3) is 0 Å². The smallest absolute Gasteiger partial charge is 0.0650 e. The van der Waals surface area contributed by atoms with E-state index in [2.05, 4.69) is 26.8 Å². The highest BCUT2D eigenvalue weighted by Gasteiger charge is 2.31. The molecule has 0 spiro atoms. The zero-order valence-electron chi connectivity index (χ0n) is 11.4. The monoisotopic (exact) mass is 224 g/mol. The Balaban J connectivity index is 2.38. The molecule has 0 aromatic carbocycles. The van der Waals surface area contributed by atoms with Crippen molar-refractivity contribution in [3.63, 3.8) is 0 Å². The molecule has 0 aliphatic heterocycles. The average Bonchev–Trinajstić information content (AvgIpc) is 2.17. The van der Waals surface area contributed by atoms with E-state index in [0.717, 1.165) is 31.6 Å². The first kappa shape index (κ1) is 13.8. The molecule has 0 saturated heterocycles. The Morgan fingerprint density at radius 2 is 2.19 bits per heavy atom. The van der Waals surface area contributed by atoms with Crippen LogP contribution in [0.2, 0.25) is 0 Å². The molecule has 0 fully saturated rings. The van der Waals surface area contributed by atoms with Crippen molar-refractivity contribution in [3.8, 4) is 0 Å². The molecule has 1 rings (SSSR count). The third kappa shape index (κ3) is 4.29. The largest absolute Gasteiger partial charge is 0.390 e. The number of rotatable bonds is 5. The van der Waals surface area contributed by atoms with Gasteiger partial charge in [-0.15, -0.1) is 0 Å². The highest BCUT2D eigenvalue weighted by Crippen LogP contribution is 2.35. The zero-order chi connectivity index (χ0) is 12.2. The first-order valence-corrected chi connectivity index (χ1v) is 6.80. The summed E-state index contributed by atoms with van der Waals surface area (Å²) in [4.78, 5) is 0. The van der Waals surface area contributed by atoms with Gasteiger partial charge in [0.25, 0.3) is 0 Å². The van der Waals surface area contributed by atoms with Gasteiger partial charge in [0, 0.05) is 0 Å². The maximum Gasteiger partial charge on any atom is 0.0650 e.